The predicted molar refractivity (Wildman–Crippen MR) is 129 cm³/mol. The topological polar surface area (TPSA) is 96.8 Å². The van der Waals surface area contributed by atoms with Gasteiger partial charge >= 0.3 is 0 Å². The number of likely N-dealkylation sites (tertiary alicyclic amines) is 1. The van der Waals surface area contributed by atoms with E-state index in [4.69, 9.17) is 10.9 Å². The first-order valence-electron chi connectivity index (χ1n) is 10.8. The summed E-state index contributed by atoms with van der Waals surface area (Å²) in [4.78, 5) is 13.7. The Morgan fingerprint density at radius 3 is 2.50 bits per heavy atom. The van der Waals surface area contributed by atoms with Gasteiger partial charge in [-0.25, -0.2) is 9.97 Å². The third kappa shape index (κ3) is 6.20. The van der Waals surface area contributed by atoms with Gasteiger partial charge in [0, 0.05) is 17.5 Å². The number of nitrogen functional groups attached to an aromatic ring is 1. The molecule has 1 aliphatic heterocycles. The molecule has 2 aliphatic rings. The fourth-order valence-electron chi connectivity index (χ4n) is 3.37. The normalized spacial score (nSPS) is 16.0. The van der Waals surface area contributed by atoms with Crippen LogP contribution in [0.2, 0.25) is 0 Å². The third-order valence-corrected chi connectivity index (χ3v) is 6.16. The Labute approximate surface area is 184 Å². The number of hydrogen-bond donors (Lipinski definition) is 3. The molecule has 5 rings (SSSR count). The minimum atomic E-state index is 0.495. The first kappa shape index (κ1) is 22.6. The van der Waals surface area contributed by atoms with Gasteiger partial charge in [-0.05, 0) is 50.0 Å². The molecular weight excluding hydrogens is 392 g/mol. The first-order valence-corrected chi connectivity index (χ1v) is 11.8. The van der Waals surface area contributed by atoms with E-state index in [9.17, 15) is 0 Å². The number of fused-ring (bicyclic) bond motifs is 1. The van der Waals surface area contributed by atoms with Crippen molar-refractivity contribution >= 4 is 28.8 Å². The van der Waals surface area contributed by atoms with Crippen LogP contribution in [0, 0.1) is 5.92 Å². The first-order chi connectivity index (χ1) is 14.6. The molecule has 0 radical (unpaired) electrons. The predicted octanol–water partition coefficient (Wildman–Crippen LogP) is 4.48. The molecule has 3 heterocycles. The number of aryl methyl sites for hydroxylation is 1. The number of nitrogens with zero attached hydrogens (tertiary/aromatic N) is 3. The summed E-state index contributed by atoms with van der Waals surface area (Å²) in [6, 6.07) is 8.37. The van der Waals surface area contributed by atoms with Gasteiger partial charge in [0.1, 0.15) is 17.8 Å². The third-order valence-electron chi connectivity index (χ3n) is 5.72. The van der Waals surface area contributed by atoms with Crippen LogP contribution in [0.5, 0.6) is 0 Å². The lowest BCUT2D eigenvalue weighted by molar-refractivity contribution is 0.229. The summed E-state index contributed by atoms with van der Waals surface area (Å²) in [6.07, 6.45) is 10.2. The van der Waals surface area contributed by atoms with Gasteiger partial charge in [-0.3, -0.25) is 5.14 Å². The zero-order chi connectivity index (χ0) is 21.3. The smallest absolute Gasteiger partial charge is 0.143 e. The highest BCUT2D eigenvalue weighted by atomic mass is 32.2. The Balaban J connectivity index is 0.000000208. The lowest BCUT2D eigenvalue weighted by Crippen LogP contribution is -2.32. The van der Waals surface area contributed by atoms with Crippen LogP contribution in [-0.2, 0) is 6.42 Å². The fraction of sp³-hybridized carbons (Fsp3) is 0.478. The second-order valence-electron chi connectivity index (χ2n) is 8.20. The van der Waals surface area contributed by atoms with Gasteiger partial charge in [0.25, 0.3) is 0 Å². The van der Waals surface area contributed by atoms with E-state index in [0.717, 1.165) is 40.3 Å². The second-order valence-corrected chi connectivity index (χ2v) is 8.94. The molecule has 2 fully saturated rings. The zero-order valence-electron chi connectivity index (χ0n) is 18.1. The summed E-state index contributed by atoms with van der Waals surface area (Å²) in [5.74, 6) is 2.46. The van der Waals surface area contributed by atoms with Crippen LogP contribution in [0.25, 0.3) is 22.2 Å². The number of H-pyrrole nitrogens is 1. The monoisotopic (exact) mass is 426 g/mol. The molecule has 5 N–H and O–H groups in total. The maximum Gasteiger partial charge on any atom is 0.143 e. The summed E-state index contributed by atoms with van der Waals surface area (Å²) < 4.78 is 0. The van der Waals surface area contributed by atoms with Gasteiger partial charge < -0.3 is 15.6 Å². The molecule has 0 spiro atoms. The molecule has 0 atom stereocenters. The number of anilines is 1. The molecule has 0 unspecified atom stereocenters. The van der Waals surface area contributed by atoms with Gasteiger partial charge in [0.05, 0.1) is 5.39 Å². The Hall–Kier alpha value is -2.09. The van der Waals surface area contributed by atoms with Gasteiger partial charge in [-0.1, -0.05) is 62.4 Å². The minimum absolute atomic E-state index is 0.495. The number of hydrogen-bond acceptors (Lipinski definition) is 6. The largest absolute Gasteiger partial charge is 0.383 e. The van der Waals surface area contributed by atoms with E-state index in [1.807, 2.05) is 12.3 Å². The summed E-state index contributed by atoms with van der Waals surface area (Å²) in [7, 11) is 2.14. The number of aromatic nitrogens is 3. The SMILES string of the molecule is CC1CCC1.CN1CCC1.NSCCc1cccc(-c2c[nH]c3ncnc(N)c23)c1. The average Bonchev–Trinajstić information content (AvgIpc) is 3.16. The maximum atomic E-state index is 5.97. The molecule has 162 valence electrons. The summed E-state index contributed by atoms with van der Waals surface area (Å²) in [5, 5.41) is 6.35. The highest BCUT2D eigenvalue weighted by Gasteiger charge is 2.11. The standard InChI is InChI=1S/C14H15N5S.C5H10.C4H9N/c15-13-12-11(7-17-14(12)19-8-18-13)10-3-1-2-9(6-10)4-5-20-16;2*1-5-3-2-4-5/h1-3,6-8H,4-5,16H2,(H3,15,17,18,19);5H,2-4H2,1H3;2-4H2,1H3. The number of nitrogens with one attached hydrogen (secondary N) is 1. The molecule has 30 heavy (non-hydrogen) atoms. The van der Waals surface area contributed by atoms with E-state index in [1.165, 1.54) is 62.6 Å². The molecule has 1 aromatic carbocycles. The maximum absolute atomic E-state index is 5.97. The molecular formula is C23H34N6S. The molecule has 1 aliphatic carbocycles. The van der Waals surface area contributed by atoms with E-state index in [1.54, 1.807) is 0 Å². The van der Waals surface area contributed by atoms with Crippen molar-refractivity contribution in [2.75, 3.05) is 31.6 Å². The fourth-order valence-corrected chi connectivity index (χ4v) is 3.73. The zero-order valence-corrected chi connectivity index (χ0v) is 18.9. The van der Waals surface area contributed by atoms with Crippen molar-refractivity contribution in [1.82, 2.24) is 19.9 Å². The number of nitrogens with two attached hydrogens (primary N) is 2. The van der Waals surface area contributed by atoms with Crippen LogP contribution >= 0.6 is 11.9 Å². The summed E-state index contributed by atoms with van der Waals surface area (Å²) >= 11 is 1.36. The van der Waals surface area contributed by atoms with Crippen LogP contribution in [-0.4, -0.2) is 45.7 Å². The number of aromatic amines is 1. The van der Waals surface area contributed by atoms with Crippen LogP contribution in [0.15, 0.2) is 36.8 Å². The molecule has 6 nitrogen and oxygen atoms in total. The quantitative estimate of drug-likeness (QED) is 0.532. The molecule has 0 amide bonds. The molecule has 0 bridgehead atoms. The van der Waals surface area contributed by atoms with Crippen LogP contribution < -0.4 is 10.9 Å². The van der Waals surface area contributed by atoms with Crippen molar-refractivity contribution < 1.29 is 0 Å². The van der Waals surface area contributed by atoms with Gasteiger partial charge in [0.2, 0.25) is 0 Å². The van der Waals surface area contributed by atoms with Crippen molar-refractivity contribution in [1.29, 1.82) is 0 Å². The Bertz CT molecular complexity index is 905. The Morgan fingerprint density at radius 1 is 1.20 bits per heavy atom. The van der Waals surface area contributed by atoms with Crippen molar-refractivity contribution in [3.05, 3.63) is 42.4 Å². The van der Waals surface area contributed by atoms with E-state index in [0.29, 0.717) is 5.82 Å². The van der Waals surface area contributed by atoms with E-state index < -0.39 is 0 Å². The average molecular weight is 427 g/mol. The van der Waals surface area contributed by atoms with Crippen molar-refractivity contribution in [3.63, 3.8) is 0 Å². The van der Waals surface area contributed by atoms with Gasteiger partial charge in [-0.2, -0.15) is 0 Å². The molecule has 3 aromatic rings. The minimum Gasteiger partial charge on any atom is -0.383 e. The lowest BCUT2D eigenvalue weighted by Gasteiger charge is -2.24. The highest BCUT2D eigenvalue weighted by molar-refractivity contribution is 7.97. The van der Waals surface area contributed by atoms with E-state index in [-0.39, 0.29) is 0 Å². The van der Waals surface area contributed by atoms with Crippen LogP contribution in [0.1, 0.15) is 38.2 Å². The van der Waals surface area contributed by atoms with Gasteiger partial charge in [-0.15, -0.1) is 0 Å². The van der Waals surface area contributed by atoms with Crippen LogP contribution in [0.4, 0.5) is 5.82 Å². The van der Waals surface area contributed by atoms with Crippen LogP contribution in [0.3, 0.4) is 0 Å². The second kappa shape index (κ2) is 11.3. The Kier molecular flexibility index (Phi) is 8.54. The van der Waals surface area contributed by atoms with Crippen molar-refractivity contribution in [3.8, 4) is 11.1 Å². The molecule has 1 saturated carbocycles. The van der Waals surface area contributed by atoms with Crippen molar-refractivity contribution in [2.45, 2.75) is 39.0 Å². The molecule has 2 aromatic heterocycles. The Morgan fingerprint density at radius 2 is 1.93 bits per heavy atom. The number of rotatable bonds is 4. The number of benzene rings is 1. The molecule has 7 heteroatoms. The lowest BCUT2D eigenvalue weighted by atomic mass is 9.88. The summed E-state index contributed by atoms with van der Waals surface area (Å²) in [5.41, 5.74) is 10.1. The van der Waals surface area contributed by atoms with E-state index >= 15 is 0 Å². The molecule has 1 saturated heterocycles. The highest BCUT2D eigenvalue weighted by Crippen LogP contribution is 2.31. The van der Waals surface area contributed by atoms with E-state index in [2.05, 4.69) is 52.0 Å². The summed E-state index contributed by atoms with van der Waals surface area (Å²) in [6.45, 7) is 4.95. The van der Waals surface area contributed by atoms with Crippen molar-refractivity contribution in [2.24, 2.45) is 11.1 Å². The van der Waals surface area contributed by atoms with Gasteiger partial charge in [0.15, 0.2) is 0 Å².